The van der Waals surface area contributed by atoms with E-state index in [1.807, 2.05) is 30.3 Å². The summed E-state index contributed by atoms with van der Waals surface area (Å²) in [4.78, 5) is 24.8. The molecule has 0 radical (unpaired) electrons. The third-order valence-corrected chi connectivity index (χ3v) is 4.09. The van der Waals surface area contributed by atoms with Crippen molar-refractivity contribution in [2.75, 3.05) is 0 Å². The molecule has 108 valence electrons. The SMILES string of the molecule is CC(=O)[C@@H]1CCCC[C@H]1N(Cc1ccccc1)C(=O)O. The molecular weight excluding hydrogens is 254 g/mol. The van der Waals surface area contributed by atoms with E-state index in [-0.39, 0.29) is 17.7 Å². The Morgan fingerprint density at radius 1 is 1.20 bits per heavy atom. The quantitative estimate of drug-likeness (QED) is 0.917. The van der Waals surface area contributed by atoms with Crippen molar-refractivity contribution in [3.8, 4) is 0 Å². The lowest BCUT2D eigenvalue weighted by molar-refractivity contribution is -0.123. The standard InChI is InChI=1S/C16H21NO3/c1-12(18)14-9-5-6-10-15(14)17(16(19)20)11-13-7-3-2-4-8-13/h2-4,7-8,14-15H,5-6,9-11H2,1H3,(H,19,20)/t14-,15+/m0/s1. The molecule has 0 unspecified atom stereocenters. The van der Waals surface area contributed by atoms with Crippen molar-refractivity contribution < 1.29 is 14.7 Å². The molecule has 1 amide bonds. The Kier molecular flexibility index (Phi) is 4.77. The van der Waals surface area contributed by atoms with Crippen LogP contribution in [0, 0.1) is 5.92 Å². The normalized spacial score (nSPS) is 22.2. The summed E-state index contributed by atoms with van der Waals surface area (Å²) >= 11 is 0. The van der Waals surface area contributed by atoms with Gasteiger partial charge in [-0.25, -0.2) is 4.79 Å². The van der Waals surface area contributed by atoms with Crippen molar-refractivity contribution in [1.82, 2.24) is 4.90 Å². The van der Waals surface area contributed by atoms with Gasteiger partial charge in [-0.1, -0.05) is 43.2 Å². The van der Waals surface area contributed by atoms with Crippen LogP contribution in [0.4, 0.5) is 4.79 Å². The second-order valence-electron chi connectivity index (χ2n) is 5.47. The summed E-state index contributed by atoms with van der Waals surface area (Å²) in [6.45, 7) is 1.93. The fraction of sp³-hybridized carbons (Fsp3) is 0.500. The molecule has 1 aliphatic rings. The summed E-state index contributed by atoms with van der Waals surface area (Å²) in [5.74, 6) is -0.0439. The van der Waals surface area contributed by atoms with Crippen molar-refractivity contribution in [3.63, 3.8) is 0 Å². The van der Waals surface area contributed by atoms with E-state index in [2.05, 4.69) is 0 Å². The van der Waals surface area contributed by atoms with Crippen molar-refractivity contribution in [2.45, 2.75) is 45.2 Å². The Balaban J connectivity index is 2.18. The molecule has 4 heteroatoms. The van der Waals surface area contributed by atoms with E-state index in [1.165, 1.54) is 4.90 Å². The Morgan fingerprint density at radius 2 is 1.85 bits per heavy atom. The number of benzene rings is 1. The van der Waals surface area contributed by atoms with E-state index in [4.69, 9.17) is 0 Å². The Labute approximate surface area is 119 Å². The lowest BCUT2D eigenvalue weighted by atomic mass is 9.81. The predicted molar refractivity (Wildman–Crippen MR) is 76.4 cm³/mol. The third kappa shape index (κ3) is 3.38. The molecule has 2 atom stereocenters. The summed E-state index contributed by atoms with van der Waals surface area (Å²) in [6.07, 6.45) is 2.65. The van der Waals surface area contributed by atoms with E-state index in [0.29, 0.717) is 6.54 Å². The third-order valence-electron chi connectivity index (χ3n) is 4.09. The van der Waals surface area contributed by atoms with Crippen molar-refractivity contribution >= 4 is 11.9 Å². The first-order chi connectivity index (χ1) is 9.59. The van der Waals surface area contributed by atoms with Gasteiger partial charge in [0.2, 0.25) is 0 Å². The predicted octanol–water partition coefficient (Wildman–Crippen LogP) is 3.31. The molecule has 0 aromatic heterocycles. The maximum atomic E-state index is 11.8. The lowest BCUT2D eigenvalue weighted by Crippen LogP contribution is -2.47. The number of nitrogens with zero attached hydrogens (tertiary/aromatic N) is 1. The van der Waals surface area contributed by atoms with Crippen LogP contribution in [0.2, 0.25) is 0 Å². The molecule has 1 saturated carbocycles. The fourth-order valence-corrected chi connectivity index (χ4v) is 3.07. The minimum absolute atomic E-state index is 0.106. The summed E-state index contributed by atoms with van der Waals surface area (Å²) in [7, 11) is 0. The largest absolute Gasteiger partial charge is 0.465 e. The first kappa shape index (κ1) is 14.6. The number of amides is 1. The lowest BCUT2D eigenvalue weighted by Gasteiger charge is -2.37. The molecule has 1 N–H and O–H groups in total. The van der Waals surface area contributed by atoms with Gasteiger partial charge in [-0.15, -0.1) is 0 Å². The van der Waals surface area contributed by atoms with E-state index in [0.717, 1.165) is 31.2 Å². The number of hydrogen-bond acceptors (Lipinski definition) is 2. The smallest absolute Gasteiger partial charge is 0.407 e. The second-order valence-corrected chi connectivity index (χ2v) is 5.47. The number of carbonyl (C=O) groups is 2. The first-order valence-corrected chi connectivity index (χ1v) is 7.13. The highest BCUT2D eigenvalue weighted by molar-refractivity contribution is 5.80. The van der Waals surface area contributed by atoms with Crippen LogP contribution < -0.4 is 0 Å². The average molecular weight is 275 g/mol. The van der Waals surface area contributed by atoms with Crippen molar-refractivity contribution in [2.24, 2.45) is 5.92 Å². The molecule has 0 bridgehead atoms. The molecule has 4 nitrogen and oxygen atoms in total. The van der Waals surface area contributed by atoms with Crippen LogP contribution in [0.15, 0.2) is 30.3 Å². The fourth-order valence-electron chi connectivity index (χ4n) is 3.07. The minimum Gasteiger partial charge on any atom is -0.465 e. The molecular formula is C16H21NO3. The van der Waals surface area contributed by atoms with E-state index < -0.39 is 6.09 Å². The molecule has 1 aromatic rings. The van der Waals surface area contributed by atoms with Gasteiger partial charge in [-0.2, -0.15) is 0 Å². The van der Waals surface area contributed by atoms with Gasteiger partial charge in [-0.05, 0) is 25.3 Å². The minimum atomic E-state index is -0.938. The molecule has 1 fully saturated rings. The van der Waals surface area contributed by atoms with Crippen molar-refractivity contribution in [1.29, 1.82) is 0 Å². The topological polar surface area (TPSA) is 57.6 Å². The van der Waals surface area contributed by atoms with Crippen LogP contribution in [0.5, 0.6) is 0 Å². The molecule has 0 saturated heterocycles. The summed E-state index contributed by atoms with van der Waals surface area (Å²) in [5.41, 5.74) is 0.961. The number of carbonyl (C=O) groups excluding carboxylic acids is 1. The highest BCUT2D eigenvalue weighted by atomic mass is 16.4. The first-order valence-electron chi connectivity index (χ1n) is 7.13. The summed E-state index contributed by atoms with van der Waals surface area (Å²) < 4.78 is 0. The number of Topliss-reactive ketones (excluding diaryl/α,β-unsaturated/α-hetero) is 1. The number of rotatable bonds is 4. The van der Waals surface area contributed by atoms with Gasteiger partial charge in [0.05, 0.1) is 0 Å². The zero-order valence-electron chi connectivity index (χ0n) is 11.8. The van der Waals surface area contributed by atoms with Gasteiger partial charge in [-0.3, -0.25) is 4.79 Å². The number of ketones is 1. The van der Waals surface area contributed by atoms with Crippen LogP contribution in [0.25, 0.3) is 0 Å². The van der Waals surface area contributed by atoms with Crippen LogP contribution in [0.3, 0.4) is 0 Å². The van der Waals surface area contributed by atoms with E-state index in [9.17, 15) is 14.7 Å². The van der Waals surface area contributed by atoms with E-state index in [1.54, 1.807) is 6.92 Å². The Hall–Kier alpha value is -1.84. The molecule has 0 aliphatic heterocycles. The van der Waals surface area contributed by atoms with Crippen molar-refractivity contribution in [3.05, 3.63) is 35.9 Å². The highest BCUT2D eigenvalue weighted by Crippen LogP contribution is 2.30. The molecule has 0 spiro atoms. The van der Waals surface area contributed by atoms with Gasteiger partial charge in [0.1, 0.15) is 5.78 Å². The average Bonchev–Trinajstić information content (AvgIpc) is 2.45. The van der Waals surface area contributed by atoms with Gasteiger partial charge >= 0.3 is 6.09 Å². The maximum absolute atomic E-state index is 11.8. The number of hydrogen-bond donors (Lipinski definition) is 1. The van der Waals surface area contributed by atoms with Gasteiger partial charge < -0.3 is 10.0 Å². The van der Waals surface area contributed by atoms with Crippen LogP contribution in [-0.2, 0) is 11.3 Å². The maximum Gasteiger partial charge on any atom is 0.407 e. The molecule has 20 heavy (non-hydrogen) atoms. The molecule has 0 heterocycles. The highest BCUT2D eigenvalue weighted by Gasteiger charge is 2.35. The summed E-state index contributed by atoms with van der Waals surface area (Å²) in [5, 5.41) is 9.50. The van der Waals surface area contributed by atoms with Crippen LogP contribution >= 0.6 is 0 Å². The van der Waals surface area contributed by atoms with Crippen LogP contribution in [0.1, 0.15) is 38.2 Å². The monoisotopic (exact) mass is 275 g/mol. The zero-order valence-corrected chi connectivity index (χ0v) is 11.8. The van der Waals surface area contributed by atoms with Gasteiger partial charge in [0.15, 0.2) is 0 Å². The Morgan fingerprint density at radius 3 is 2.45 bits per heavy atom. The zero-order chi connectivity index (χ0) is 14.5. The Bertz CT molecular complexity index is 472. The van der Waals surface area contributed by atoms with Gasteiger partial charge in [0, 0.05) is 18.5 Å². The molecule has 1 aromatic carbocycles. The second kappa shape index (κ2) is 6.55. The van der Waals surface area contributed by atoms with Gasteiger partial charge in [0.25, 0.3) is 0 Å². The molecule has 1 aliphatic carbocycles. The van der Waals surface area contributed by atoms with E-state index >= 15 is 0 Å². The van der Waals surface area contributed by atoms with Crippen LogP contribution in [-0.4, -0.2) is 27.9 Å². The molecule has 2 rings (SSSR count). The number of carboxylic acid groups (broad SMARTS) is 1. The summed E-state index contributed by atoms with van der Waals surface area (Å²) in [6, 6.07) is 9.37.